The molecule has 4 heteroatoms. The number of nitrogens with one attached hydrogen (secondary N) is 1. The van der Waals surface area contributed by atoms with Crippen molar-refractivity contribution in [2.75, 3.05) is 6.61 Å². The summed E-state index contributed by atoms with van der Waals surface area (Å²) in [5, 5.41) is 4.86. The van der Waals surface area contributed by atoms with E-state index in [1.165, 1.54) is 0 Å². The van der Waals surface area contributed by atoms with Crippen LogP contribution in [0.25, 0.3) is 0 Å². The van der Waals surface area contributed by atoms with Gasteiger partial charge in [-0.3, -0.25) is 0 Å². The van der Waals surface area contributed by atoms with Crippen LogP contribution in [-0.4, -0.2) is 18.8 Å². The van der Waals surface area contributed by atoms with Crippen molar-refractivity contribution in [3.05, 3.63) is 33.8 Å². The van der Waals surface area contributed by atoms with E-state index in [1.54, 1.807) is 0 Å². The minimum absolute atomic E-state index is 0.265. The molecular formula is C12H15Cl2NO. The summed E-state index contributed by atoms with van der Waals surface area (Å²) in [6.45, 7) is 3.60. The lowest BCUT2D eigenvalue weighted by Gasteiger charge is -2.17. The van der Waals surface area contributed by atoms with E-state index in [2.05, 4.69) is 12.2 Å². The van der Waals surface area contributed by atoms with Gasteiger partial charge in [-0.1, -0.05) is 29.3 Å². The third kappa shape index (κ3) is 2.69. The Balaban J connectivity index is 1.99. The van der Waals surface area contributed by atoms with Crippen LogP contribution in [0.5, 0.6) is 0 Å². The molecule has 16 heavy (non-hydrogen) atoms. The van der Waals surface area contributed by atoms with Gasteiger partial charge in [0.1, 0.15) is 0 Å². The van der Waals surface area contributed by atoms with Gasteiger partial charge >= 0.3 is 0 Å². The molecule has 2 rings (SSSR count). The lowest BCUT2D eigenvalue weighted by molar-refractivity contribution is 0.113. The number of rotatable bonds is 3. The van der Waals surface area contributed by atoms with E-state index in [1.807, 2.05) is 18.2 Å². The highest BCUT2D eigenvalue weighted by molar-refractivity contribution is 6.35. The number of halogens is 2. The minimum Gasteiger partial charge on any atom is -0.377 e. The first-order valence-corrected chi connectivity index (χ1v) is 6.22. The maximum Gasteiger partial charge on any atom is 0.0700 e. The van der Waals surface area contributed by atoms with E-state index in [-0.39, 0.29) is 6.10 Å². The Kier molecular flexibility index (Phi) is 4.09. The van der Waals surface area contributed by atoms with Crippen molar-refractivity contribution in [1.29, 1.82) is 0 Å². The molecule has 1 fully saturated rings. The van der Waals surface area contributed by atoms with Crippen LogP contribution in [0.4, 0.5) is 0 Å². The zero-order valence-electron chi connectivity index (χ0n) is 9.17. The molecule has 0 amide bonds. The Morgan fingerprint density at radius 2 is 2.06 bits per heavy atom. The largest absolute Gasteiger partial charge is 0.377 e. The van der Waals surface area contributed by atoms with Crippen LogP contribution in [0.1, 0.15) is 18.9 Å². The SMILES string of the molecule is CC1OCCC1NCc1c(Cl)cccc1Cl. The van der Waals surface area contributed by atoms with Crippen LogP contribution in [-0.2, 0) is 11.3 Å². The van der Waals surface area contributed by atoms with E-state index >= 15 is 0 Å². The van der Waals surface area contributed by atoms with Gasteiger partial charge in [0, 0.05) is 34.8 Å². The summed E-state index contributed by atoms with van der Waals surface area (Å²) in [5.41, 5.74) is 0.963. The third-order valence-electron chi connectivity index (χ3n) is 2.98. The van der Waals surface area contributed by atoms with E-state index in [0.717, 1.165) is 18.6 Å². The standard InChI is InChI=1S/C12H15Cl2NO/c1-8-12(5-6-16-8)15-7-9-10(13)3-2-4-11(9)14/h2-4,8,12,15H,5-7H2,1H3. The van der Waals surface area contributed by atoms with E-state index in [4.69, 9.17) is 27.9 Å². The molecule has 0 bridgehead atoms. The van der Waals surface area contributed by atoms with Gasteiger partial charge in [-0.15, -0.1) is 0 Å². The maximum atomic E-state index is 6.10. The fraction of sp³-hybridized carbons (Fsp3) is 0.500. The van der Waals surface area contributed by atoms with Crippen molar-refractivity contribution in [1.82, 2.24) is 5.32 Å². The number of ether oxygens (including phenoxy) is 1. The van der Waals surface area contributed by atoms with Gasteiger partial charge in [0.25, 0.3) is 0 Å². The Hall–Kier alpha value is -0.280. The van der Waals surface area contributed by atoms with Crippen molar-refractivity contribution < 1.29 is 4.74 Å². The number of hydrogen-bond acceptors (Lipinski definition) is 2. The second-order valence-electron chi connectivity index (χ2n) is 4.05. The first kappa shape index (κ1) is 12.2. The summed E-state index contributed by atoms with van der Waals surface area (Å²) in [6, 6.07) is 5.97. The van der Waals surface area contributed by atoms with Crippen LogP contribution < -0.4 is 5.32 Å². The normalized spacial score (nSPS) is 24.9. The molecule has 1 aliphatic heterocycles. The molecule has 1 heterocycles. The molecule has 0 saturated carbocycles. The lowest BCUT2D eigenvalue weighted by Crippen LogP contribution is -2.34. The topological polar surface area (TPSA) is 21.3 Å². The molecule has 0 aliphatic carbocycles. The minimum atomic E-state index is 0.265. The monoisotopic (exact) mass is 259 g/mol. The average molecular weight is 260 g/mol. The summed E-state index contributed by atoms with van der Waals surface area (Å²) < 4.78 is 5.49. The van der Waals surface area contributed by atoms with Gasteiger partial charge in [-0.2, -0.15) is 0 Å². The molecule has 1 N–H and O–H groups in total. The van der Waals surface area contributed by atoms with Crippen molar-refractivity contribution in [2.24, 2.45) is 0 Å². The fourth-order valence-electron chi connectivity index (χ4n) is 1.93. The third-order valence-corrected chi connectivity index (χ3v) is 3.69. The van der Waals surface area contributed by atoms with Crippen LogP contribution in [0.3, 0.4) is 0 Å². The predicted octanol–water partition coefficient (Wildman–Crippen LogP) is 3.26. The molecule has 1 aromatic rings. The molecular weight excluding hydrogens is 245 g/mol. The molecule has 0 spiro atoms. The summed E-state index contributed by atoms with van der Waals surface area (Å²) >= 11 is 12.2. The molecule has 1 aliphatic rings. The molecule has 2 unspecified atom stereocenters. The highest BCUT2D eigenvalue weighted by Crippen LogP contribution is 2.24. The van der Waals surface area contributed by atoms with Gasteiger partial charge in [0.2, 0.25) is 0 Å². The highest BCUT2D eigenvalue weighted by atomic mass is 35.5. The molecule has 88 valence electrons. The summed E-state index contributed by atoms with van der Waals surface area (Å²) in [6.07, 6.45) is 1.31. The molecule has 0 aromatic heterocycles. The lowest BCUT2D eigenvalue weighted by atomic mass is 10.1. The van der Waals surface area contributed by atoms with Crippen molar-refractivity contribution in [2.45, 2.75) is 32.0 Å². The maximum absolute atomic E-state index is 6.10. The molecule has 2 nitrogen and oxygen atoms in total. The smallest absolute Gasteiger partial charge is 0.0700 e. The van der Waals surface area contributed by atoms with Crippen LogP contribution in [0.2, 0.25) is 10.0 Å². The van der Waals surface area contributed by atoms with E-state index < -0.39 is 0 Å². The Morgan fingerprint density at radius 1 is 1.38 bits per heavy atom. The first-order chi connectivity index (χ1) is 7.68. The van der Waals surface area contributed by atoms with Crippen LogP contribution in [0, 0.1) is 0 Å². The summed E-state index contributed by atoms with van der Waals surface area (Å²) in [4.78, 5) is 0. The second-order valence-corrected chi connectivity index (χ2v) is 4.87. The number of hydrogen-bond donors (Lipinski definition) is 1. The van der Waals surface area contributed by atoms with Gasteiger partial charge in [0.15, 0.2) is 0 Å². The van der Waals surface area contributed by atoms with E-state index in [9.17, 15) is 0 Å². The quantitative estimate of drug-likeness (QED) is 0.900. The zero-order valence-corrected chi connectivity index (χ0v) is 10.7. The highest BCUT2D eigenvalue weighted by Gasteiger charge is 2.23. The predicted molar refractivity (Wildman–Crippen MR) is 67.1 cm³/mol. The molecule has 1 saturated heterocycles. The summed E-state index contributed by atoms with van der Waals surface area (Å²) in [5.74, 6) is 0. The van der Waals surface area contributed by atoms with Gasteiger partial charge in [-0.25, -0.2) is 0 Å². The number of benzene rings is 1. The van der Waals surface area contributed by atoms with Crippen molar-refractivity contribution in [3.8, 4) is 0 Å². The van der Waals surface area contributed by atoms with Crippen LogP contribution in [0.15, 0.2) is 18.2 Å². The molecule has 2 atom stereocenters. The second kappa shape index (κ2) is 5.37. The zero-order chi connectivity index (χ0) is 11.5. The molecule has 1 aromatic carbocycles. The van der Waals surface area contributed by atoms with Crippen molar-refractivity contribution in [3.63, 3.8) is 0 Å². The van der Waals surface area contributed by atoms with E-state index in [0.29, 0.717) is 22.6 Å². The van der Waals surface area contributed by atoms with Gasteiger partial charge in [0.05, 0.1) is 6.10 Å². The Bertz CT molecular complexity index is 350. The average Bonchev–Trinajstić information content (AvgIpc) is 2.64. The van der Waals surface area contributed by atoms with Gasteiger partial charge < -0.3 is 10.1 Å². The fourth-order valence-corrected chi connectivity index (χ4v) is 2.47. The Labute approximate surface area is 106 Å². The molecule has 0 radical (unpaired) electrons. The van der Waals surface area contributed by atoms with Crippen LogP contribution >= 0.6 is 23.2 Å². The van der Waals surface area contributed by atoms with Gasteiger partial charge in [-0.05, 0) is 25.5 Å². The Morgan fingerprint density at radius 3 is 2.62 bits per heavy atom. The van der Waals surface area contributed by atoms with Crippen molar-refractivity contribution >= 4 is 23.2 Å². The first-order valence-electron chi connectivity index (χ1n) is 5.46. The summed E-state index contributed by atoms with van der Waals surface area (Å²) in [7, 11) is 0.